The van der Waals surface area contributed by atoms with E-state index in [9.17, 15) is 9.59 Å². The van der Waals surface area contributed by atoms with Crippen molar-refractivity contribution in [3.63, 3.8) is 0 Å². The molecular weight excluding hydrogens is 194 g/mol. The van der Waals surface area contributed by atoms with E-state index in [0.29, 0.717) is 0 Å². The van der Waals surface area contributed by atoms with Crippen LogP contribution in [0.25, 0.3) is 0 Å². The maximum Gasteiger partial charge on any atom is 0.241 e. The van der Waals surface area contributed by atoms with Crippen LogP contribution >= 0.6 is 0 Å². The van der Waals surface area contributed by atoms with Gasteiger partial charge in [0, 0.05) is 14.1 Å². The molecule has 0 saturated heterocycles. The Morgan fingerprint density at radius 3 is 2.33 bits per heavy atom. The number of hydrogen-bond donors (Lipinski definition) is 2. The fraction of sp³-hybridized carbons (Fsp3) is 0.800. The lowest BCUT2D eigenvalue weighted by molar-refractivity contribution is -0.131. The smallest absolute Gasteiger partial charge is 0.241 e. The molecule has 0 aromatic heterocycles. The summed E-state index contributed by atoms with van der Waals surface area (Å²) in [4.78, 5) is 24.1. The molecule has 2 atom stereocenters. The second kappa shape index (κ2) is 6.40. The maximum absolute atomic E-state index is 11.5. The van der Waals surface area contributed by atoms with Crippen LogP contribution < -0.4 is 11.1 Å². The van der Waals surface area contributed by atoms with Gasteiger partial charge in [0.1, 0.15) is 0 Å². The van der Waals surface area contributed by atoms with E-state index in [1.54, 1.807) is 14.1 Å². The van der Waals surface area contributed by atoms with Crippen LogP contribution in [0.4, 0.5) is 0 Å². The fourth-order valence-electron chi connectivity index (χ4n) is 0.951. The van der Waals surface area contributed by atoms with Crippen molar-refractivity contribution in [1.82, 2.24) is 10.2 Å². The van der Waals surface area contributed by atoms with E-state index in [0.717, 1.165) is 6.42 Å². The molecule has 1 unspecified atom stereocenters. The Kier molecular flexibility index (Phi) is 5.93. The number of hydrogen-bond acceptors (Lipinski definition) is 3. The third-order valence-corrected chi connectivity index (χ3v) is 2.47. The molecule has 0 rings (SSSR count). The number of nitrogens with one attached hydrogen (secondary N) is 1. The minimum absolute atomic E-state index is 0.00989. The monoisotopic (exact) mass is 215 g/mol. The number of rotatable bonds is 5. The summed E-state index contributed by atoms with van der Waals surface area (Å²) in [5.41, 5.74) is 5.70. The van der Waals surface area contributed by atoms with Crippen LogP contribution in [0.15, 0.2) is 0 Å². The molecule has 0 aliphatic heterocycles. The Morgan fingerprint density at radius 2 is 1.93 bits per heavy atom. The van der Waals surface area contributed by atoms with E-state index in [2.05, 4.69) is 5.32 Å². The lowest BCUT2D eigenvalue weighted by atomic mass is 9.99. The molecule has 88 valence electrons. The number of likely N-dealkylation sites (N-methyl/N-ethyl adjacent to an activating group) is 1. The minimum atomic E-state index is -0.537. The maximum atomic E-state index is 11.5. The van der Waals surface area contributed by atoms with Gasteiger partial charge in [-0.15, -0.1) is 0 Å². The number of carbonyl (C=O) groups is 2. The van der Waals surface area contributed by atoms with Crippen molar-refractivity contribution in [3.8, 4) is 0 Å². The van der Waals surface area contributed by atoms with Crippen LogP contribution in [0.3, 0.4) is 0 Å². The van der Waals surface area contributed by atoms with Gasteiger partial charge in [-0.25, -0.2) is 0 Å². The van der Waals surface area contributed by atoms with Gasteiger partial charge in [-0.05, 0) is 5.92 Å². The van der Waals surface area contributed by atoms with Gasteiger partial charge in [-0.3, -0.25) is 9.59 Å². The predicted octanol–water partition coefficient (Wildman–Crippen LogP) is -0.436. The van der Waals surface area contributed by atoms with Crippen LogP contribution in [-0.4, -0.2) is 43.4 Å². The Bertz CT molecular complexity index is 229. The zero-order valence-corrected chi connectivity index (χ0v) is 9.91. The van der Waals surface area contributed by atoms with Crippen LogP contribution in [0.5, 0.6) is 0 Å². The van der Waals surface area contributed by atoms with Crippen molar-refractivity contribution in [2.45, 2.75) is 26.3 Å². The van der Waals surface area contributed by atoms with Crippen LogP contribution in [0, 0.1) is 5.92 Å². The number of nitrogens with two attached hydrogens (primary N) is 1. The van der Waals surface area contributed by atoms with Crippen molar-refractivity contribution >= 4 is 11.8 Å². The Morgan fingerprint density at radius 1 is 1.40 bits per heavy atom. The summed E-state index contributed by atoms with van der Waals surface area (Å²) in [5.74, 6) is -0.279. The van der Waals surface area contributed by atoms with Gasteiger partial charge >= 0.3 is 0 Å². The minimum Gasteiger partial charge on any atom is -0.347 e. The third-order valence-electron chi connectivity index (χ3n) is 2.47. The molecule has 0 radical (unpaired) electrons. The number of amides is 2. The topological polar surface area (TPSA) is 75.4 Å². The van der Waals surface area contributed by atoms with Crippen molar-refractivity contribution in [2.24, 2.45) is 11.7 Å². The van der Waals surface area contributed by atoms with Crippen molar-refractivity contribution in [2.75, 3.05) is 20.6 Å². The van der Waals surface area contributed by atoms with Crippen LogP contribution in [0.2, 0.25) is 0 Å². The van der Waals surface area contributed by atoms with Gasteiger partial charge in [0.15, 0.2) is 0 Å². The summed E-state index contributed by atoms with van der Waals surface area (Å²) >= 11 is 0. The van der Waals surface area contributed by atoms with Gasteiger partial charge in [0.25, 0.3) is 0 Å². The summed E-state index contributed by atoms with van der Waals surface area (Å²) in [6.45, 7) is 3.90. The summed E-state index contributed by atoms with van der Waals surface area (Å²) in [6.07, 6.45) is 0.843. The molecule has 5 nitrogen and oxygen atoms in total. The average Bonchev–Trinajstić information content (AvgIpc) is 2.22. The van der Waals surface area contributed by atoms with E-state index < -0.39 is 6.04 Å². The van der Waals surface area contributed by atoms with E-state index in [-0.39, 0.29) is 24.3 Å². The standard InChI is InChI=1S/C10H21N3O2/c1-5-7(2)9(11)10(15)12-6-8(14)13(3)4/h7,9H,5-6,11H2,1-4H3,(H,12,15)/t7?,9-/m0/s1. The van der Waals surface area contributed by atoms with Gasteiger partial charge in [-0.1, -0.05) is 20.3 Å². The first-order valence-corrected chi connectivity index (χ1v) is 5.13. The Balaban J connectivity index is 3.99. The average molecular weight is 215 g/mol. The van der Waals surface area contributed by atoms with E-state index in [1.165, 1.54) is 4.90 Å². The van der Waals surface area contributed by atoms with Gasteiger partial charge in [-0.2, -0.15) is 0 Å². The highest BCUT2D eigenvalue weighted by Crippen LogP contribution is 2.04. The highest BCUT2D eigenvalue weighted by atomic mass is 16.2. The van der Waals surface area contributed by atoms with E-state index in [1.807, 2.05) is 13.8 Å². The fourth-order valence-corrected chi connectivity index (χ4v) is 0.951. The lowest BCUT2D eigenvalue weighted by Crippen LogP contribution is -2.47. The second-order valence-corrected chi connectivity index (χ2v) is 3.92. The normalized spacial score (nSPS) is 14.2. The first-order chi connectivity index (χ1) is 6.90. The Labute approximate surface area is 91.0 Å². The summed E-state index contributed by atoms with van der Waals surface area (Å²) in [7, 11) is 3.28. The first kappa shape index (κ1) is 13.9. The molecule has 0 aromatic rings. The number of nitrogens with zero attached hydrogens (tertiary/aromatic N) is 1. The molecule has 0 bridgehead atoms. The largest absolute Gasteiger partial charge is 0.347 e. The molecule has 0 spiro atoms. The van der Waals surface area contributed by atoms with E-state index >= 15 is 0 Å². The second-order valence-electron chi connectivity index (χ2n) is 3.92. The molecule has 0 aliphatic rings. The summed E-state index contributed by atoms with van der Waals surface area (Å²) in [6, 6.07) is -0.537. The summed E-state index contributed by atoms with van der Waals surface area (Å²) < 4.78 is 0. The van der Waals surface area contributed by atoms with Gasteiger partial charge in [0.05, 0.1) is 12.6 Å². The molecule has 15 heavy (non-hydrogen) atoms. The third kappa shape index (κ3) is 4.78. The van der Waals surface area contributed by atoms with E-state index in [4.69, 9.17) is 5.73 Å². The predicted molar refractivity (Wildman–Crippen MR) is 59.1 cm³/mol. The quantitative estimate of drug-likeness (QED) is 0.653. The zero-order valence-electron chi connectivity index (χ0n) is 9.91. The number of carbonyl (C=O) groups excluding carboxylic acids is 2. The van der Waals surface area contributed by atoms with Gasteiger partial charge in [0.2, 0.25) is 11.8 Å². The van der Waals surface area contributed by atoms with Crippen LogP contribution in [-0.2, 0) is 9.59 Å². The SMILES string of the molecule is CCC(C)[C@H](N)C(=O)NCC(=O)N(C)C. The van der Waals surface area contributed by atoms with Crippen molar-refractivity contribution in [1.29, 1.82) is 0 Å². The molecule has 0 saturated carbocycles. The molecular formula is C10H21N3O2. The molecule has 5 heteroatoms. The molecule has 0 aromatic carbocycles. The Hall–Kier alpha value is -1.10. The summed E-state index contributed by atoms with van der Waals surface area (Å²) in [5, 5.41) is 2.52. The molecule has 0 fully saturated rings. The lowest BCUT2D eigenvalue weighted by Gasteiger charge is -2.18. The molecule has 3 N–H and O–H groups in total. The van der Waals surface area contributed by atoms with Crippen LogP contribution in [0.1, 0.15) is 20.3 Å². The molecule has 2 amide bonds. The van der Waals surface area contributed by atoms with Crippen molar-refractivity contribution in [3.05, 3.63) is 0 Å². The highest BCUT2D eigenvalue weighted by molar-refractivity contribution is 5.87. The highest BCUT2D eigenvalue weighted by Gasteiger charge is 2.19. The molecule has 0 heterocycles. The molecule has 0 aliphatic carbocycles. The van der Waals surface area contributed by atoms with Gasteiger partial charge < -0.3 is 16.0 Å². The van der Waals surface area contributed by atoms with Crippen molar-refractivity contribution < 1.29 is 9.59 Å². The zero-order chi connectivity index (χ0) is 12.0. The first-order valence-electron chi connectivity index (χ1n) is 5.13.